The minimum absolute atomic E-state index is 0. The molecule has 2 nitrogen and oxygen atoms in total. The third kappa shape index (κ3) is 1.93. The van der Waals surface area contributed by atoms with Crippen LogP contribution in [0.3, 0.4) is 0 Å². The van der Waals surface area contributed by atoms with Crippen LogP contribution in [0.2, 0.25) is 0 Å². The molecular weight excluding hydrogens is 285 g/mol. The van der Waals surface area contributed by atoms with Gasteiger partial charge in [0.15, 0.2) is 4.80 Å². The first-order valence-corrected chi connectivity index (χ1v) is 6.06. The second-order valence-corrected chi connectivity index (χ2v) is 5.17. The quantitative estimate of drug-likeness (QED) is 0.770. The van der Waals surface area contributed by atoms with E-state index < -0.39 is 11.7 Å². The van der Waals surface area contributed by atoms with E-state index in [1.165, 1.54) is 6.07 Å². The van der Waals surface area contributed by atoms with Crippen LogP contribution in [0, 0.1) is 5.41 Å². The number of aromatic nitrogens is 1. The summed E-state index contributed by atoms with van der Waals surface area (Å²) < 4.78 is 40.5. The van der Waals surface area contributed by atoms with Crippen molar-refractivity contribution in [2.24, 2.45) is 0 Å². The molecule has 0 saturated heterocycles. The maximum atomic E-state index is 12.7. The largest absolute Gasteiger partial charge is 0.416 e. The standard InChI is InChI=1S/C11H9F3N2S.ClH/c12-11(13,14)7-4-6-2-1-3-16-9(6)8(5-7)17-10(16)15;/h4-5,15H,1-3H2;1H. The van der Waals surface area contributed by atoms with E-state index in [9.17, 15) is 13.2 Å². The predicted molar refractivity (Wildman–Crippen MR) is 66.2 cm³/mol. The normalized spacial score (nSPS) is 14.6. The highest BCUT2D eigenvalue weighted by molar-refractivity contribution is 7.16. The van der Waals surface area contributed by atoms with Gasteiger partial charge in [0.2, 0.25) is 0 Å². The molecule has 7 heteroatoms. The first-order valence-electron chi connectivity index (χ1n) is 5.25. The first-order chi connectivity index (χ1) is 7.97. The zero-order valence-electron chi connectivity index (χ0n) is 9.17. The highest BCUT2D eigenvalue weighted by Crippen LogP contribution is 2.35. The molecule has 0 atom stereocenters. The Kier molecular flexibility index (Phi) is 3.19. The van der Waals surface area contributed by atoms with Crippen molar-refractivity contribution in [3.05, 3.63) is 28.1 Å². The summed E-state index contributed by atoms with van der Waals surface area (Å²) in [6.07, 6.45) is -2.84. The minimum atomic E-state index is -4.31. The fraction of sp³-hybridized carbons (Fsp3) is 0.364. The molecular formula is C11H10ClF3N2S. The van der Waals surface area contributed by atoms with Crippen LogP contribution in [0.4, 0.5) is 13.2 Å². The average Bonchev–Trinajstić information content (AvgIpc) is 2.56. The molecule has 0 spiro atoms. The predicted octanol–water partition coefficient (Wildman–Crippen LogP) is 3.57. The number of nitrogens with one attached hydrogen (secondary N) is 1. The lowest BCUT2D eigenvalue weighted by Crippen LogP contribution is -2.18. The molecule has 0 radical (unpaired) electrons. The molecule has 1 aromatic heterocycles. The van der Waals surface area contributed by atoms with Gasteiger partial charge in [-0.25, -0.2) is 0 Å². The zero-order chi connectivity index (χ0) is 12.2. The Hall–Kier alpha value is -1.01. The van der Waals surface area contributed by atoms with Gasteiger partial charge in [0.05, 0.1) is 15.8 Å². The average molecular weight is 295 g/mol. The number of halogens is 4. The van der Waals surface area contributed by atoms with E-state index in [4.69, 9.17) is 5.41 Å². The Labute approximate surface area is 111 Å². The van der Waals surface area contributed by atoms with Crippen molar-refractivity contribution in [3.63, 3.8) is 0 Å². The highest BCUT2D eigenvalue weighted by Gasteiger charge is 2.32. The fourth-order valence-corrected chi connectivity index (χ4v) is 3.33. The third-order valence-corrected chi connectivity index (χ3v) is 3.98. The summed E-state index contributed by atoms with van der Waals surface area (Å²) in [7, 11) is 0. The van der Waals surface area contributed by atoms with Crippen LogP contribution in [0.15, 0.2) is 12.1 Å². The Bertz CT molecular complexity index is 657. The lowest BCUT2D eigenvalue weighted by Gasteiger charge is -2.16. The smallest absolute Gasteiger partial charge is 0.317 e. The molecule has 0 aliphatic carbocycles. The fourth-order valence-electron chi connectivity index (χ4n) is 2.31. The van der Waals surface area contributed by atoms with Gasteiger partial charge in [-0.1, -0.05) is 11.3 Å². The van der Waals surface area contributed by atoms with E-state index in [0.717, 1.165) is 41.4 Å². The number of hydrogen-bond acceptors (Lipinski definition) is 2. The monoisotopic (exact) mass is 294 g/mol. The van der Waals surface area contributed by atoms with Gasteiger partial charge in [-0.15, -0.1) is 12.4 Å². The molecule has 1 N–H and O–H groups in total. The molecule has 0 bridgehead atoms. The molecule has 0 saturated carbocycles. The van der Waals surface area contributed by atoms with Gasteiger partial charge in [0, 0.05) is 6.54 Å². The van der Waals surface area contributed by atoms with Crippen LogP contribution in [0.5, 0.6) is 0 Å². The molecule has 98 valence electrons. The van der Waals surface area contributed by atoms with Gasteiger partial charge in [-0.2, -0.15) is 13.2 Å². The molecule has 18 heavy (non-hydrogen) atoms. The molecule has 1 aromatic carbocycles. The third-order valence-electron chi connectivity index (χ3n) is 3.03. The SMILES string of the molecule is Cl.N=c1sc2cc(C(F)(F)F)cc3c2n1CCC3. The van der Waals surface area contributed by atoms with Gasteiger partial charge in [-0.05, 0) is 30.5 Å². The van der Waals surface area contributed by atoms with Crippen LogP contribution in [-0.2, 0) is 19.1 Å². The van der Waals surface area contributed by atoms with Crippen molar-refractivity contribution in [3.8, 4) is 0 Å². The summed E-state index contributed by atoms with van der Waals surface area (Å²) in [5.74, 6) is 0. The summed E-state index contributed by atoms with van der Waals surface area (Å²) in [6.45, 7) is 0.733. The van der Waals surface area contributed by atoms with E-state index in [1.54, 1.807) is 4.57 Å². The number of aryl methyl sites for hydroxylation is 2. The number of rotatable bonds is 0. The van der Waals surface area contributed by atoms with E-state index >= 15 is 0 Å². The molecule has 3 rings (SSSR count). The molecule has 1 aliphatic heterocycles. The second-order valence-electron chi connectivity index (χ2n) is 4.14. The maximum Gasteiger partial charge on any atom is 0.416 e. The van der Waals surface area contributed by atoms with Gasteiger partial charge in [0.25, 0.3) is 0 Å². The summed E-state index contributed by atoms with van der Waals surface area (Å²) in [5.41, 5.74) is 0.936. The Morgan fingerprint density at radius 2 is 2.00 bits per heavy atom. The number of thiazole rings is 1. The molecule has 2 heterocycles. The van der Waals surface area contributed by atoms with Crippen LogP contribution in [0.25, 0.3) is 10.2 Å². The van der Waals surface area contributed by atoms with Gasteiger partial charge < -0.3 is 4.57 Å². The van der Waals surface area contributed by atoms with Crippen molar-refractivity contribution in [1.82, 2.24) is 4.57 Å². The molecule has 0 unspecified atom stereocenters. The molecule has 0 fully saturated rings. The minimum Gasteiger partial charge on any atom is -0.317 e. The lowest BCUT2D eigenvalue weighted by atomic mass is 10.0. The summed E-state index contributed by atoms with van der Waals surface area (Å²) in [5, 5.41) is 7.76. The second kappa shape index (κ2) is 4.28. The lowest BCUT2D eigenvalue weighted by molar-refractivity contribution is -0.137. The number of nitrogens with zero attached hydrogens (tertiary/aromatic N) is 1. The first kappa shape index (κ1) is 13.4. The van der Waals surface area contributed by atoms with E-state index in [1.807, 2.05) is 0 Å². The Morgan fingerprint density at radius 1 is 1.28 bits per heavy atom. The summed E-state index contributed by atoms with van der Waals surface area (Å²) in [4.78, 5) is 0.334. The van der Waals surface area contributed by atoms with E-state index in [2.05, 4.69) is 0 Å². The van der Waals surface area contributed by atoms with Crippen LogP contribution in [0.1, 0.15) is 17.5 Å². The highest BCUT2D eigenvalue weighted by atomic mass is 35.5. The van der Waals surface area contributed by atoms with Crippen LogP contribution in [-0.4, -0.2) is 4.57 Å². The zero-order valence-corrected chi connectivity index (χ0v) is 10.8. The Balaban J connectivity index is 0.00000120. The molecule has 0 amide bonds. The summed E-state index contributed by atoms with van der Waals surface area (Å²) in [6, 6.07) is 2.38. The van der Waals surface area contributed by atoms with Crippen molar-refractivity contribution in [1.29, 1.82) is 5.41 Å². The number of hydrogen-bond donors (Lipinski definition) is 1. The van der Waals surface area contributed by atoms with Crippen LogP contribution < -0.4 is 4.80 Å². The number of benzene rings is 1. The van der Waals surface area contributed by atoms with Crippen molar-refractivity contribution in [2.75, 3.05) is 0 Å². The molecule has 1 aliphatic rings. The maximum absolute atomic E-state index is 12.7. The van der Waals surface area contributed by atoms with Gasteiger partial charge in [0.1, 0.15) is 0 Å². The van der Waals surface area contributed by atoms with Crippen molar-refractivity contribution in [2.45, 2.75) is 25.6 Å². The van der Waals surface area contributed by atoms with E-state index in [0.29, 0.717) is 15.9 Å². The van der Waals surface area contributed by atoms with Gasteiger partial charge >= 0.3 is 6.18 Å². The Morgan fingerprint density at radius 3 is 2.67 bits per heavy atom. The topological polar surface area (TPSA) is 28.8 Å². The molecule has 2 aromatic rings. The van der Waals surface area contributed by atoms with Crippen molar-refractivity contribution >= 4 is 34.0 Å². The van der Waals surface area contributed by atoms with Crippen molar-refractivity contribution < 1.29 is 13.2 Å². The summed E-state index contributed by atoms with van der Waals surface area (Å²) >= 11 is 1.12. The number of alkyl halides is 3. The van der Waals surface area contributed by atoms with Gasteiger partial charge in [-0.3, -0.25) is 5.41 Å². The van der Waals surface area contributed by atoms with Crippen LogP contribution >= 0.6 is 23.7 Å². The van der Waals surface area contributed by atoms with E-state index in [-0.39, 0.29) is 12.4 Å².